The molecule has 5 nitrogen and oxygen atoms in total. The summed E-state index contributed by atoms with van der Waals surface area (Å²) in [6.07, 6.45) is 0. The lowest BCUT2D eigenvalue weighted by molar-refractivity contribution is 0.669. The van der Waals surface area contributed by atoms with Gasteiger partial charge in [-0.25, -0.2) is 4.98 Å². The van der Waals surface area contributed by atoms with Crippen molar-refractivity contribution in [2.45, 2.75) is 0 Å². The van der Waals surface area contributed by atoms with Crippen molar-refractivity contribution in [3.63, 3.8) is 0 Å². The van der Waals surface area contributed by atoms with Gasteiger partial charge in [-0.15, -0.1) is 11.3 Å². The molecule has 0 saturated carbocycles. The van der Waals surface area contributed by atoms with E-state index in [4.69, 9.17) is 30.3 Å². The summed E-state index contributed by atoms with van der Waals surface area (Å²) in [5, 5.41) is 1.79. The molecule has 0 radical (unpaired) electrons. The quantitative estimate of drug-likeness (QED) is 0.201. The Hall–Kier alpha value is -5.85. The molecule has 0 bridgehead atoms. The highest BCUT2D eigenvalue weighted by atomic mass is 32.1. The summed E-state index contributed by atoms with van der Waals surface area (Å²) in [5.74, 6) is 0.378. The molecule has 0 unspecified atom stereocenters. The van der Waals surface area contributed by atoms with Crippen LogP contribution in [0.25, 0.3) is 92.6 Å². The Morgan fingerprint density at radius 3 is 2.29 bits per heavy atom. The van der Waals surface area contributed by atoms with E-state index in [1.807, 2.05) is 72.8 Å². The number of furan rings is 1. The minimum atomic E-state index is -0.542. The normalized spacial score (nSPS) is 15.1. The average molecular weight is 605 g/mol. The number of benzene rings is 6. The number of rotatable bonds is 3. The van der Waals surface area contributed by atoms with Crippen LogP contribution in [0.4, 0.5) is 0 Å². The molecule has 0 amide bonds. The fourth-order valence-electron chi connectivity index (χ4n) is 6.07. The minimum Gasteiger partial charge on any atom is -0.456 e. The van der Waals surface area contributed by atoms with E-state index in [0.29, 0.717) is 22.3 Å². The van der Waals surface area contributed by atoms with E-state index in [1.54, 1.807) is 0 Å². The van der Waals surface area contributed by atoms with Gasteiger partial charge in [0.25, 0.3) is 0 Å². The maximum absolute atomic E-state index is 9.31. The van der Waals surface area contributed by atoms with E-state index >= 15 is 0 Å². The van der Waals surface area contributed by atoms with Crippen LogP contribution >= 0.6 is 11.3 Å². The molecule has 0 spiro atoms. The predicted octanol–water partition coefficient (Wildman–Crippen LogP) is 10.6. The first-order valence-corrected chi connectivity index (χ1v) is 14.9. The van der Waals surface area contributed by atoms with E-state index in [1.165, 1.54) is 4.57 Å². The average Bonchev–Trinajstić information content (AvgIpc) is 3.90. The molecule has 0 aliphatic heterocycles. The zero-order chi connectivity index (χ0) is 38.2. The lowest BCUT2D eigenvalue weighted by atomic mass is 10.1. The fraction of sp³-hybridized carbons (Fsp3) is 0. The number of nitrogens with zero attached hydrogens (tertiary/aromatic N) is 4. The van der Waals surface area contributed by atoms with Gasteiger partial charge >= 0.3 is 0 Å². The number of hydrogen-bond acceptors (Lipinski definition) is 5. The first-order valence-electron chi connectivity index (χ1n) is 19.1. The SMILES string of the molecule is [2H]c1c([2H])c([2H])c2c(sc3c([2H])c([2H])c4c5c([2H])c([2H])c([2H])c([2H])c5n(-c5nc(-c6ccccc6)nc(-c6cccc7oc8ccccc8c67)n5)c4c32)c1[2H]. The van der Waals surface area contributed by atoms with Gasteiger partial charge in [0.15, 0.2) is 11.6 Å². The smallest absolute Gasteiger partial charge is 0.238 e. The number of hydrogen-bond donors (Lipinski definition) is 0. The molecule has 45 heavy (non-hydrogen) atoms. The number of para-hydroxylation sites is 2. The van der Waals surface area contributed by atoms with Crippen LogP contribution in [-0.4, -0.2) is 19.5 Å². The summed E-state index contributed by atoms with van der Waals surface area (Å²) in [4.78, 5) is 14.9. The van der Waals surface area contributed by atoms with E-state index in [0.717, 1.165) is 22.1 Å². The first kappa shape index (κ1) is 16.9. The molecule has 10 aromatic rings. The highest BCUT2D eigenvalue weighted by molar-refractivity contribution is 7.26. The standard InChI is InChI=1S/C39H22N4OS/c1-2-11-23(12-3-1)37-40-38(28-16-10-19-31-34(28)26-14-5-8-18-30(26)44-31)42-39(41-37)43-29-17-7-4-13-24(29)25-21-22-33-35(36(25)43)27-15-6-9-20-32(27)45-33/h1-22H/i4D,6D,7D,9D,13D,15D,17D,20D,21D,22D. The van der Waals surface area contributed by atoms with Gasteiger partial charge in [0, 0.05) is 52.8 Å². The Morgan fingerprint density at radius 1 is 0.578 bits per heavy atom. The first-order chi connectivity index (χ1) is 26.5. The van der Waals surface area contributed by atoms with Crippen molar-refractivity contribution in [3.05, 3.63) is 133 Å². The maximum Gasteiger partial charge on any atom is 0.238 e. The molecule has 210 valence electrons. The summed E-state index contributed by atoms with van der Waals surface area (Å²) in [6, 6.07) is 18.0. The topological polar surface area (TPSA) is 56.7 Å². The second-order valence-corrected chi connectivity index (χ2v) is 11.5. The van der Waals surface area contributed by atoms with Crippen LogP contribution in [0, 0.1) is 0 Å². The molecule has 4 aromatic heterocycles. The molecule has 6 heteroatoms. The molecular formula is C39H22N4OS. The Labute approximate surface area is 274 Å². The van der Waals surface area contributed by atoms with Crippen LogP contribution in [0.1, 0.15) is 13.7 Å². The van der Waals surface area contributed by atoms with Crippen molar-refractivity contribution in [1.29, 1.82) is 0 Å². The van der Waals surface area contributed by atoms with Crippen molar-refractivity contribution in [3.8, 4) is 28.7 Å². The third-order valence-electron chi connectivity index (χ3n) is 7.97. The summed E-state index contributed by atoms with van der Waals surface area (Å²) in [7, 11) is 0. The molecule has 0 N–H and O–H groups in total. The number of fused-ring (bicyclic) bond motifs is 10. The zero-order valence-electron chi connectivity index (χ0n) is 33.0. The fourth-order valence-corrected chi connectivity index (χ4v) is 7.04. The van der Waals surface area contributed by atoms with Crippen LogP contribution < -0.4 is 0 Å². The number of thiophene rings is 1. The van der Waals surface area contributed by atoms with Gasteiger partial charge in [0.2, 0.25) is 5.95 Å². The largest absolute Gasteiger partial charge is 0.456 e. The third-order valence-corrected chi connectivity index (χ3v) is 8.99. The highest BCUT2D eigenvalue weighted by Gasteiger charge is 2.22. The van der Waals surface area contributed by atoms with Crippen LogP contribution in [0.15, 0.2) is 138 Å². The van der Waals surface area contributed by atoms with Gasteiger partial charge in [-0.1, -0.05) is 103 Å². The molecule has 0 aliphatic carbocycles. The molecule has 4 heterocycles. The van der Waals surface area contributed by atoms with Gasteiger partial charge in [-0.2, -0.15) is 9.97 Å². The molecule has 0 atom stereocenters. The van der Waals surface area contributed by atoms with Gasteiger partial charge in [-0.05, 0) is 30.3 Å². The van der Waals surface area contributed by atoms with E-state index in [9.17, 15) is 2.74 Å². The molecule has 0 fully saturated rings. The van der Waals surface area contributed by atoms with Crippen LogP contribution in [0.5, 0.6) is 0 Å². The van der Waals surface area contributed by atoms with Crippen LogP contribution in [0.2, 0.25) is 0 Å². The van der Waals surface area contributed by atoms with Crippen molar-refractivity contribution in [2.24, 2.45) is 0 Å². The van der Waals surface area contributed by atoms with E-state index in [-0.39, 0.29) is 83.7 Å². The van der Waals surface area contributed by atoms with Crippen molar-refractivity contribution in [2.75, 3.05) is 0 Å². The van der Waals surface area contributed by atoms with Crippen molar-refractivity contribution < 1.29 is 18.1 Å². The summed E-state index contributed by atoms with van der Waals surface area (Å²) in [5.41, 5.74) is 2.51. The summed E-state index contributed by atoms with van der Waals surface area (Å²) >= 11 is 0.950. The molecule has 0 saturated heterocycles. The maximum atomic E-state index is 9.31. The molecule has 0 aliphatic rings. The monoisotopic (exact) mass is 604 g/mol. The van der Waals surface area contributed by atoms with Gasteiger partial charge in [0.1, 0.15) is 11.2 Å². The van der Waals surface area contributed by atoms with E-state index < -0.39 is 36.3 Å². The summed E-state index contributed by atoms with van der Waals surface area (Å²) in [6.45, 7) is 0. The van der Waals surface area contributed by atoms with Crippen molar-refractivity contribution >= 4 is 75.3 Å². The third kappa shape index (κ3) is 3.57. The van der Waals surface area contributed by atoms with E-state index in [2.05, 4.69) is 0 Å². The van der Waals surface area contributed by atoms with Crippen molar-refractivity contribution in [1.82, 2.24) is 19.5 Å². The zero-order valence-corrected chi connectivity index (χ0v) is 23.9. The van der Waals surface area contributed by atoms with Gasteiger partial charge in [0.05, 0.1) is 24.7 Å². The van der Waals surface area contributed by atoms with Crippen LogP contribution in [-0.2, 0) is 0 Å². The second-order valence-electron chi connectivity index (χ2n) is 10.5. The minimum absolute atomic E-state index is 0.00207. The lowest BCUT2D eigenvalue weighted by Gasteiger charge is -2.12. The van der Waals surface area contributed by atoms with Gasteiger partial charge in [-0.3, -0.25) is 4.57 Å². The molecule has 6 aromatic carbocycles. The Bertz CT molecular complexity index is 3340. The second kappa shape index (κ2) is 9.32. The van der Waals surface area contributed by atoms with Crippen LogP contribution in [0.3, 0.4) is 0 Å². The molecule has 10 rings (SSSR count). The Balaban J connectivity index is 1.46. The predicted molar refractivity (Wildman–Crippen MR) is 185 cm³/mol. The lowest BCUT2D eigenvalue weighted by Crippen LogP contribution is -2.06. The Morgan fingerprint density at radius 2 is 1.36 bits per heavy atom. The Kier molecular flexibility index (Phi) is 3.49. The van der Waals surface area contributed by atoms with Gasteiger partial charge < -0.3 is 4.42 Å². The summed E-state index contributed by atoms with van der Waals surface area (Å²) < 4.78 is 96.8. The highest BCUT2D eigenvalue weighted by Crippen LogP contribution is 2.43. The molecular weight excluding hydrogens is 573 g/mol. The number of aromatic nitrogens is 4.